The number of nitrogen functional groups attached to an aromatic ring is 1. The van der Waals surface area contributed by atoms with Gasteiger partial charge in [-0.2, -0.15) is 4.98 Å². The first-order valence-electron chi connectivity index (χ1n) is 11.2. The number of imidazole rings is 1. The number of Topliss-reactive ketones (excluding diaryl/α,β-unsaturated/α-hetero) is 1. The molecule has 1 aliphatic rings. The number of carbonyl (C=O) groups excluding carboxylic acids is 2. The minimum absolute atomic E-state index is 0.0326. The maximum atomic E-state index is 13.5. The SMILES string of the molecule is CC(=O)[C@@H](C)NP(=O)(COCCn1cnc2c(=O)[nH]c(N)nc21)N[C@H](C)C(=O)OC1CCCC1. The first-order chi connectivity index (χ1) is 16.1. The molecule has 0 amide bonds. The summed E-state index contributed by atoms with van der Waals surface area (Å²) in [6.07, 6.45) is 4.73. The molecule has 3 rings (SSSR count). The number of H-pyrrole nitrogens is 1. The van der Waals surface area contributed by atoms with Crippen LogP contribution in [0, 0.1) is 0 Å². The smallest absolute Gasteiger partial charge is 0.323 e. The monoisotopic (exact) mass is 497 g/mol. The van der Waals surface area contributed by atoms with E-state index in [1.807, 2.05) is 0 Å². The Bertz CT molecular complexity index is 1130. The van der Waals surface area contributed by atoms with Crippen LogP contribution in [0.3, 0.4) is 0 Å². The van der Waals surface area contributed by atoms with E-state index in [-0.39, 0.29) is 42.9 Å². The Kier molecular flexibility index (Phi) is 8.58. The molecule has 14 heteroatoms. The van der Waals surface area contributed by atoms with E-state index >= 15 is 0 Å². The van der Waals surface area contributed by atoms with Crippen LogP contribution in [0.15, 0.2) is 11.1 Å². The second kappa shape index (κ2) is 11.2. The number of anilines is 1. The molecule has 1 fully saturated rings. The predicted molar refractivity (Wildman–Crippen MR) is 125 cm³/mol. The molecule has 0 bridgehead atoms. The molecule has 0 aliphatic heterocycles. The minimum atomic E-state index is -3.51. The fourth-order valence-corrected chi connectivity index (χ4v) is 5.79. The zero-order valence-corrected chi connectivity index (χ0v) is 20.5. The third-order valence-corrected chi connectivity index (χ3v) is 7.75. The number of nitrogens with zero attached hydrogens (tertiary/aromatic N) is 3. The van der Waals surface area contributed by atoms with Crippen LogP contribution in [0.5, 0.6) is 0 Å². The van der Waals surface area contributed by atoms with Crippen LogP contribution in [0.25, 0.3) is 11.2 Å². The number of carbonyl (C=O) groups is 2. The van der Waals surface area contributed by atoms with E-state index in [1.54, 1.807) is 18.4 Å². The highest BCUT2D eigenvalue weighted by atomic mass is 31.2. The van der Waals surface area contributed by atoms with Gasteiger partial charge in [-0.15, -0.1) is 0 Å². The fourth-order valence-electron chi connectivity index (χ4n) is 3.64. The molecule has 1 unspecified atom stereocenters. The summed E-state index contributed by atoms with van der Waals surface area (Å²) in [5.41, 5.74) is 5.60. The molecule has 2 aromatic rings. The topological polar surface area (TPSA) is 183 Å². The first-order valence-corrected chi connectivity index (χ1v) is 13.1. The lowest BCUT2D eigenvalue weighted by Gasteiger charge is -2.26. The molecule has 1 aliphatic carbocycles. The van der Waals surface area contributed by atoms with Gasteiger partial charge >= 0.3 is 5.97 Å². The van der Waals surface area contributed by atoms with Crippen molar-refractivity contribution in [2.24, 2.45) is 0 Å². The van der Waals surface area contributed by atoms with Gasteiger partial charge in [0.25, 0.3) is 5.56 Å². The molecule has 1 saturated carbocycles. The standard InChI is InChI=1S/C20H32N7O6P/c1-12(14(3)28)25-34(31,26-13(2)19(30)33-15-6-4-5-7-15)11-32-9-8-27-10-22-16-17(27)23-20(21)24-18(16)29/h10,12-13,15H,4-9,11H2,1-3H3,(H2,25,26,31)(H3,21,23,24,29)/t12-,13-,34?/m1/s1. The van der Waals surface area contributed by atoms with Crippen molar-refractivity contribution in [2.45, 2.75) is 71.2 Å². The number of nitrogens with two attached hydrogens (primary N) is 1. The number of esters is 1. The van der Waals surface area contributed by atoms with Gasteiger partial charge in [-0.25, -0.2) is 15.2 Å². The van der Waals surface area contributed by atoms with Gasteiger partial charge in [-0.05, 0) is 46.5 Å². The molecule has 2 aromatic heterocycles. The van der Waals surface area contributed by atoms with Crippen molar-refractivity contribution >= 4 is 36.3 Å². The van der Waals surface area contributed by atoms with Crippen molar-refractivity contribution in [2.75, 3.05) is 18.7 Å². The van der Waals surface area contributed by atoms with Crippen LogP contribution in [0.1, 0.15) is 46.5 Å². The number of ketones is 1. The number of aromatic nitrogens is 4. The second-order valence-corrected chi connectivity index (χ2v) is 10.7. The molecule has 3 atom stereocenters. The molecule has 5 N–H and O–H groups in total. The van der Waals surface area contributed by atoms with Crippen molar-refractivity contribution in [3.63, 3.8) is 0 Å². The third kappa shape index (κ3) is 6.72. The zero-order chi connectivity index (χ0) is 24.9. The zero-order valence-electron chi connectivity index (χ0n) is 19.6. The summed E-state index contributed by atoms with van der Waals surface area (Å²) in [7, 11) is -3.51. The van der Waals surface area contributed by atoms with E-state index in [0.717, 1.165) is 25.7 Å². The van der Waals surface area contributed by atoms with Gasteiger partial charge in [0.05, 0.1) is 19.0 Å². The summed E-state index contributed by atoms with van der Waals surface area (Å²) in [4.78, 5) is 46.6. The first kappa shape index (κ1) is 26.0. The molecule has 0 saturated heterocycles. The van der Waals surface area contributed by atoms with Gasteiger partial charge in [0.15, 0.2) is 11.2 Å². The Morgan fingerprint density at radius 2 is 1.97 bits per heavy atom. The Hall–Kier alpha value is -2.60. The van der Waals surface area contributed by atoms with E-state index in [2.05, 4.69) is 25.1 Å². The third-order valence-electron chi connectivity index (χ3n) is 5.60. The maximum Gasteiger partial charge on any atom is 0.323 e. The van der Waals surface area contributed by atoms with Gasteiger partial charge < -0.3 is 19.8 Å². The van der Waals surface area contributed by atoms with E-state index in [0.29, 0.717) is 5.65 Å². The summed E-state index contributed by atoms with van der Waals surface area (Å²) in [5.74, 6) is -0.736. The Morgan fingerprint density at radius 1 is 1.29 bits per heavy atom. The highest BCUT2D eigenvalue weighted by Crippen LogP contribution is 2.37. The van der Waals surface area contributed by atoms with Crippen LogP contribution in [-0.2, 0) is 30.2 Å². The summed E-state index contributed by atoms with van der Waals surface area (Å²) in [6.45, 7) is 4.89. The van der Waals surface area contributed by atoms with Crippen molar-refractivity contribution in [3.8, 4) is 0 Å². The number of nitrogens with one attached hydrogen (secondary N) is 3. The predicted octanol–water partition coefficient (Wildman–Crippen LogP) is 0.900. The summed E-state index contributed by atoms with van der Waals surface area (Å²) in [6, 6.07) is -1.57. The van der Waals surface area contributed by atoms with Crippen molar-refractivity contribution in [1.29, 1.82) is 0 Å². The van der Waals surface area contributed by atoms with E-state index in [4.69, 9.17) is 15.2 Å². The second-order valence-electron chi connectivity index (χ2n) is 8.49. The highest BCUT2D eigenvalue weighted by Gasteiger charge is 2.32. The van der Waals surface area contributed by atoms with Gasteiger partial charge in [0.2, 0.25) is 13.4 Å². The highest BCUT2D eigenvalue weighted by molar-refractivity contribution is 7.59. The van der Waals surface area contributed by atoms with E-state index in [1.165, 1.54) is 13.3 Å². The molecule has 0 aromatic carbocycles. The summed E-state index contributed by atoms with van der Waals surface area (Å²) < 4.78 is 26.3. The number of ether oxygens (including phenoxy) is 2. The summed E-state index contributed by atoms with van der Waals surface area (Å²) in [5, 5.41) is 5.57. The largest absolute Gasteiger partial charge is 0.461 e. The van der Waals surface area contributed by atoms with Crippen LogP contribution in [0.4, 0.5) is 5.95 Å². The maximum absolute atomic E-state index is 13.5. The average Bonchev–Trinajstić information content (AvgIpc) is 3.41. The lowest BCUT2D eigenvalue weighted by atomic mass is 10.3. The molecular formula is C20H32N7O6P. The normalized spacial score (nSPS) is 18.0. The fraction of sp³-hybridized carbons (Fsp3) is 0.650. The Labute approximate surface area is 196 Å². The summed E-state index contributed by atoms with van der Waals surface area (Å²) >= 11 is 0. The Balaban J connectivity index is 1.61. The van der Waals surface area contributed by atoms with Gasteiger partial charge in [-0.3, -0.25) is 23.9 Å². The van der Waals surface area contributed by atoms with Gasteiger partial charge in [0.1, 0.15) is 24.3 Å². The lowest BCUT2D eigenvalue weighted by Crippen LogP contribution is -2.42. The molecule has 13 nitrogen and oxygen atoms in total. The van der Waals surface area contributed by atoms with E-state index < -0.39 is 31.1 Å². The number of hydrogen-bond acceptors (Lipinski definition) is 9. The molecular weight excluding hydrogens is 465 g/mol. The molecule has 0 spiro atoms. The Morgan fingerprint density at radius 3 is 2.65 bits per heavy atom. The van der Waals surface area contributed by atoms with Crippen molar-refractivity contribution < 1.29 is 23.6 Å². The molecule has 34 heavy (non-hydrogen) atoms. The lowest BCUT2D eigenvalue weighted by molar-refractivity contribution is -0.150. The number of fused-ring (bicyclic) bond motifs is 1. The molecule has 0 radical (unpaired) electrons. The van der Waals surface area contributed by atoms with Crippen molar-refractivity contribution in [3.05, 3.63) is 16.7 Å². The van der Waals surface area contributed by atoms with Crippen LogP contribution >= 0.6 is 7.44 Å². The number of rotatable bonds is 12. The number of hydrogen-bond donors (Lipinski definition) is 4. The van der Waals surface area contributed by atoms with Crippen LogP contribution in [0.2, 0.25) is 0 Å². The number of aromatic amines is 1. The van der Waals surface area contributed by atoms with E-state index in [9.17, 15) is 18.9 Å². The minimum Gasteiger partial charge on any atom is -0.461 e. The van der Waals surface area contributed by atoms with Crippen LogP contribution < -0.4 is 21.5 Å². The molecule has 2 heterocycles. The average molecular weight is 497 g/mol. The quantitative estimate of drug-likeness (QED) is 0.186. The van der Waals surface area contributed by atoms with Crippen LogP contribution in [-0.4, -0.2) is 62.4 Å². The van der Waals surface area contributed by atoms with Crippen molar-refractivity contribution in [1.82, 2.24) is 29.7 Å². The van der Waals surface area contributed by atoms with Gasteiger partial charge in [-0.1, -0.05) is 0 Å². The van der Waals surface area contributed by atoms with Gasteiger partial charge in [0, 0.05) is 6.54 Å². The molecule has 188 valence electrons.